The van der Waals surface area contributed by atoms with Gasteiger partial charge in [-0.3, -0.25) is 14.3 Å². The van der Waals surface area contributed by atoms with Crippen molar-refractivity contribution in [3.8, 4) is 0 Å². The number of aliphatic hydroxyl groups is 1. The number of hydrogen-bond acceptors (Lipinski definition) is 4. The molecule has 1 aliphatic rings. The number of rotatable bonds is 2. The highest BCUT2D eigenvalue weighted by Gasteiger charge is 2.35. The molecule has 3 atom stereocenters. The molecule has 1 radical (unpaired) electrons. The Morgan fingerprint density at radius 2 is 2.29 bits per heavy atom. The molecule has 0 amide bonds. The highest BCUT2D eigenvalue weighted by molar-refractivity contribution is 6.30. The molecule has 93 valence electrons. The molecular weight excluding hydrogens is 252 g/mol. The van der Waals surface area contributed by atoms with E-state index in [1.54, 1.807) is 0 Å². The Morgan fingerprint density at radius 1 is 1.59 bits per heavy atom. The number of aromatic amines is 1. The third-order valence-corrected chi connectivity index (χ3v) is 2.87. The summed E-state index contributed by atoms with van der Waals surface area (Å²) in [6.45, 7) is -0.594. The van der Waals surface area contributed by atoms with Gasteiger partial charge < -0.3 is 9.84 Å². The van der Waals surface area contributed by atoms with Crippen LogP contribution in [-0.2, 0) is 9.84 Å². The molecule has 0 aromatic carbocycles. The molecule has 7 nitrogen and oxygen atoms in total. The minimum absolute atomic E-state index is 0.106. The Morgan fingerprint density at radius 3 is 2.88 bits per heavy atom. The Balaban J connectivity index is 2.34. The van der Waals surface area contributed by atoms with Crippen LogP contribution >= 0.6 is 11.6 Å². The van der Waals surface area contributed by atoms with E-state index >= 15 is 0 Å². The van der Waals surface area contributed by atoms with Crippen molar-refractivity contribution >= 4 is 11.6 Å². The molecule has 0 aliphatic carbocycles. The van der Waals surface area contributed by atoms with Crippen molar-refractivity contribution in [2.45, 2.75) is 24.9 Å². The van der Waals surface area contributed by atoms with E-state index in [0.717, 1.165) is 10.8 Å². The van der Waals surface area contributed by atoms with Crippen molar-refractivity contribution < 1.29 is 14.9 Å². The molecule has 0 bridgehead atoms. The zero-order valence-corrected chi connectivity index (χ0v) is 9.38. The van der Waals surface area contributed by atoms with Gasteiger partial charge in [-0.2, -0.15) is 0 Å². The third kappa shape index (κ3) is 2.27. The number of aromatic nitrogens is 2. The van der Waals surface area contributed by atoms with Gasteiger partial charge in [0.25, 0.3) is 5.56 Å². The highest BCUT2D eigenvalue weighted by Crippen LogP contribution is 2.27. The van der Waals surface area contributed by atoms with Crippen LogP contribution in [0.2, 0.25) is 5.02 Å². The minimum atomic E-state index is -0.921. The molecule has 0 unspecified atom stereocenters. The molecule has 1 aliphatic heterocycles. The summed E-state index contributed by atoms with van der Waals surface area (Å²) in [4.78, 5) is 24.6. The Kier molecular flexibility index (Phi) is 3.34. The molecule has 1 aromatic heterocycles. The van der Waals surface area contributed by atoms with Crippen molar-refractivity contribution in [1.82, 2.24) is 9.55 Å². The lowest BCUT2D eigenvalue weighted by molar-refractivity contribution is -0.0598. The van der Waals surface area contributed by atoms with Crippen molar-refractivity contribution in [3.05, 3.63) is 32.1 Å². The summed E-state index contributed by atoms with van der Waals surface area (Å²) in [5.74, 6) is 0. The zero-order chi connectivity index (χ0) is 12.6. The van der Waals surface area contributed by atoms with Crippen molar-refractivity contribution in [2.24, 2.45) is 0 Å². The molecule has 1 saturated heterocycles. The second-order valence-corrected chi connectivity index (χ2v) is 4.15. The first-order chi connectivity index (χ1) is 8.02. The van der Waals surface area contributed by atoms with E-state index in [-0.39, 0.29) is 11.4 Å². The van der Waals surface area contributed by atoms with E-state index in [1.165, 1.54) is 0 Å². The molecule has 2 heterocycles. The molecule has 17 heavy (non-hydrogen) atoms. The fraction of sp³-hybridized carbons (Fsp3) is 0.556. The number of nitrogens with zero attached hydrogens (tertiary/aromatic N) is 1. The van der Waals surface area contributed by atoms with Crippen molar-refractivity contribution in [3.63, 3.8) is 0 Å². The monoisotopic (exact) mass is 261 g/mol. The van der Waals surface area contributed by atoms with E-state index in [2.05, 4.69) is 0 Å². The first kappa shape index (κ1) is 12.3. The lowest BCUT2D eigenvalue weighted by atomic mass is 10.2. The van der Waals surface area contributed by atoms with E-state index < -0.39 is 36.3 Å². The summed E-state index contributed by atoms with van der Waals surface area (Å²) >= 11 is 5.59. The molecule has 1 fully saturated rings. The second-order valence-electron chi connectivity index (χ2n) is 3.74. The SMILES string of the molecule is [O]C[C@H]1O[C@@H](n2cc(Cl)c(=O)[nH]c2=O)C[C@@H]1O. The lowest BCUT2D eigenvalue weighted by Crippen LogP contribution is -2.32. The van der Waals surface area contributed by atoms with Gasteiger partial charge in [-0.05, 0) is 0 Å². The standard InChI is InChI=1S/C9H10ClN2O5/c10-4-2-12(9(16)11-8(4)15)7-1-5(14)6(3-13)17-7/h2,5-7,14H,1,3H2,(H,11,15,16)/t5-,6+,7+/m0/s1. The van der Waals surface area contributed by atoms with Gasteiger partial charge in [-0.25, -0.2) is 9.90 Å². The van der Waals surface area contributed by atoms with Crippen LogP contribution in [0, 0.1) is 0 Å². The average Bonchev–Trinajstić information content (AvgIpc) is 2.65. The molecule has 2 rings (SSSR count). The van der Waals surface area contributed by atoms with Crippen LogP contribution in [0.3, 0.4) is 0 Å². The quantitative estimate of drug-likeness (QED) is 0.732. The summed E-state index contributed by atoms with van der Waals surface area (Å²) in [5, 5.41) is 20.0. The smallest absolute Gasteiger partial charge is 0.330 e. The maximum Gasteiger partial charge on any atom is 0.330 e. The van der Waals surface area contributed by atoms with E-state index in [1.807, 2.05) is 4.98 Å². The van der Waals surface area contributed by atoms with Crippen LogP contribution in [0.5, 0.6) is 0 Å². The van der Waals surface area contributed by atoms with Crippen LogP contribution in [0.25, 0.3) is 0 Å². The van der Waals surface area contributed by atoms with E-state index in [4.69, 9.17) is 16.3 Å². The maximum absolute atomic E-state index is 11.5. The molecule has 0 saturated carbocycles. The predicted octanol–water partition coefficient (Wildman–Crippen LogP) is -0.731. The Bertz CT molecular complexity index is 525. The van der Waals surface area contributed by atoms with Crippen molar-refractivity contribution in [1.29, 1.82) is 0 Å². The van der Waals surface area contributed by atoms with Gasteiger partial charge in [-0.1, -0.05) is 11.6 Å². The third-order valence-electron chi connectivity index (χ3n) is 2.60. The van der Waals surface area contributed by atoms with Gasteiger partial charge in [0.2, 0.25) is 0 Å². The van der Waals surface area contributed by atoms with Gasteiger partial charge >= 0.3 is 5.69 Å². The van der Waals surface area contributed by atoms with Crippen LogP contribution in [-0.4, -0.2) is 33.5 Å². The first-order valence-corrected chi connectivity index (χ1v) is 5.33. The van der Waals surface area contributed by atoms with Gasteiger partial charge in [-0.15, -0.1) is 0 Å². The second kappa shape index (κ2) is 4.61. The number of hydrogen-bond donors (Lipinski definition) is 2. The largest absolute Gasteiger partial charge is 0.390 e. The topological polar surface area (TPSA) is 104 Å². The summed E-state index contributed by atoms with van der Waals surface area (Å²) in [6, 6.07) is 0. The Hall–Kier alpha value is -1.15. The number of aliphatic hydroxyl groups excluding tert-OH is 1. The number of nitrogens with one attached hydrogen (secondary N) is 1. The number of ether oxygens (including phenoxy) is 1. The van der Waals surface area contributed by atoms with Crippen LogP contribution in [0.15, 0.2) is 15.8 Å². The van der Waals surface area contributed by atoms with Gasteiger partial charge in [0, 0.05) is 12.6 Å². The van der Waals surface area contributed by atoms with Crippen molar-refractivity contribution in [2.75, 3.05) is 6.61 Å². The van der Waals surface area contributed by atoms with E-state index in [9.17, 15) is 19.8 Å². The summed E-state index contributed by atoms with van der Waals surface area (Å²) in [5.41, 5.74) is -1.38. The molecular formula is C9H10ClN2O5. The highest BCUT2D eigenvalue weighted by atomic mass is 35.5. The minimum Gasteiger partial charge on any atom is -0.390 e. The first-order valence-electron chi connectivity index (χ1n) is 4.95. The van der Waals surface area contributed by atoms with Crippen LogP contribution in [0.4, 0.5) is 0 Å². The summed E-state index contributed by atoms with van der Waals surface area (Å²) in [6.07, 6.45) is -1.32. The number of halogens is 1. The zero-order valence-electron chi connectivity index (χ0n) is 8.63. The van der Waals surface area contributed by atoms with Gasteiger partial charge in [0.15, 0.2) is 0 Å². The summed E-state index contributed by atoms with van der Waals surface area (Å²) in [7, 11) is 0. The lowest BCUT2D eigenvalue weighted by Gasteiger charge is -2.13. The fourth-order valence-corrected chi connectivity index (χ4v) is 1.86. The molecule has 2 N–H and O–H groups in total. The molecule has 0 spiro atoms. The normalized spacial score (nSPS) is 28.5. The van der Waals surface area contributed by atoms with Gasteiger partial charge in [0.05, 0.1) is 6.10 Å². The Labute approximate surface area is 100 Å². The number of H-pyrrole nitrogens is 1. The maximum atomic E-state index is 11.5. The van der Waals surface area contributed by atoms with Gasteiger partial charge in [0.1, 0.15) is 24.0 Å². The predicted molar refractivity (Wildman–Crippen MR) is 56.4 cm³/mol. The van der Waals surface area contributed by atoms with Crippen LogP contribution < -0.4 is 11.2 Å². The van der Waals surface area contributed by atoms with E-state index in [0.29, 0.717) is 0 Å². The van der Waals surface area contributed by atoms with Crippen LogP contribution in [0.1, 0.15) is 12.6 Å². The summed E-state index contributed by atoms with van der Waals surface area (Å²) < 4.78 is 6.26. The average molecular weight is 262 g/mol. The molecule has 1 aromatic rings. The fourth-order valence-electron chi connectivity index (χ4n) is 1.71. The molecule has 8 heteroatoms.